The van der Waals surface area contributed by atoms with Crippen molar-refractivity contribution < 1.29 is 19.4 Å². The summed E-state index contributed by atoms with van der Waals surface area (Å²) >= 11 is 0. The van der Waals surface area contributed by atoms with Gasteiger partial charge in [0.2, 0.25) is 0 Å². The Labute approximate surface area is 139 Å². The van der Waals surface area contributed by atoms with Gasteiger partial charge >= 0.3 is 6.09 Å². The molecule has 130 valence electrons. The molecule has 0 aliphatic rings. The van der Waals surface area contributed by atoms with Gasteiger partial charge in [-0.1, -0.05) is 20.3 Å². The van der Waals surface area contributed by atoms with Crippen LogP contribution in [0.4, 0.5) is 10.5 Å². The van der Waals surface area contributed by atoms with Crippen molar-refractivity contribution in [2.75, 3.05) is 12.4 Å². The number of hydrogen-bond acceptors (Lipinski definition) is 4. The highest BCUT2D eigenvalue weighted by molar-refractivity contribution is 5.86. The second-order valence-corrected chi connectivity index (χ2v) is 6.81. The number of rotatable bonds is 6. The third kappa shape index (κ3) is 6.48. The molecule has 0 saturated carbocycles. The van der Waals surface area contributed by atoms with Gasteiger partial charge < -0.3 is 14.6 Å². The number of methoxy groups -OCH3 is 1. The molecule has 0 fully saturated rings. The largest absolute Gasteiger partial charge is 0.497 e. The van der Waals surface area contributed by atoms with Crippen molar-refractivity contribution in [2.45, 2.75) is 59.2 Å². The minimum absolute atomic E-state index is 0.176. The lowest BCUT2D eigenvalue weighted by Gasteiger charge is -2.22. The van der Waals surface area contributed by atoms with Crippen molar-refractivity contribution in [3.8, 4) is 5.75 Å². The van der Waals surface area contributed by atoms with Crippen LogP contribution in [-0.2, 0) is 11.2 Å². The molecule has 0 radical (unpaired) electrons. The zero-order chi connectivity index (χ0) is 17.6. The van der Waals surface area contributed by atoms with Gasteiger partial charge in [0, 0.05) is 12.1 Å². The first kappa shape index (κ1) is 19.3. The average Bonchev–Trinajstić information content (AvgIpc) is 2.46. The van der Waals surface area contributed by atoms with Gasteiger partial charge in [0.1, 0.15) is 11.4 Å². The molecular formula is C18H29NO4. The maximum absolute atomic E-state index is 12.0. The summed E-state index contributed by atoms with van der Waals surface area (Å²) in [6.45, 7) is 9.49. The van der Waals surface area contributed by atoms with E-state index < -0.39 is 17.8 Å². The summed E-state index contributed by atoms with van der Waals surface area (Å²) in [5, 5.41) is 13.0. The highest BCUT2D eigenvalue weighted by Gasteiger charge is 2.19. The monoisotopic (exact) mass is 323 g/mol. The van der Waals surface area contributed by atoms with Crippen LogP contribution in [-0.4, -0.2) is 30.0 Å². The van der Waals surface area contributed by atoms with Crippen molar-refractivity contribution in [3.05, 3.63) is 23.8 Å². The lowest BCUT2D eigenvalue weighted by atomic mass is 9.95. The Morgan fingerprint density at radius 3 is 2.52 bits per heavy atom. The van der Waals surface area contributed by atoms with Gasteiger partial charge in [-0.2, -0.15) is 0 Å². The Morgan fingerprint density at radius 1 is 1.35 bits per heavy atom. The van der Waals surface area contributed by atoms with E-state index in [0.29, 0.717) is 17.9 Å². The van der Waals surface area contributed by atoms with E-state index in [0.717, 1.165) is 12.0 Å². The van der Waals surface area contributed by atoms with Gasteiger partial charge in [-0.05, 0) is 50.5 Å². The Balaban J connectivity index is 2.95. The average molecular weight is 323 g/mol. The van der Waals surface area contributed by atoms with Crippen LogP contribution in [0.1, 0.15) is 46.6 Å². The molecule has 1 rings (SSSR count). The predicted octanol–water partition coefficient (Wildman–Crippen LogP) is 3.99. The molecule has 2 unspecified atom stereocenters. The molecule has 5 heteroatoms. The molecule has 23 heavy (non-hydrogen) atoms. The molecule has 0 saturated heterocycles. The normalized spacial score (nSPS) is 14.0. The quantitative estimate of drug-likeness (QED) is 0.830. The molecule has 0 bridgehead atoms. The predicted molar refractivity (Wildman–Crippen MR) is 92.0 cm³/mol. The van der Waals surface area contributed by atoms with Gasteiger partial charge in [0.05, 0.1) is 13.2 Å². The number of nitrogens with one attached hydrogen (secondary N) is 1. The topological polar surface area (TPSA) is 67.8 Å². The van der Waals surface area contributed by atoms with Crippen LogP contribution < -0.4 is 10.1 Å². The van der Waals surface area contributed by atoms with Crippen LogP contribution in [0, 0.1) is 5.92 Å². The van der Waals surface area contributed by atoms with Gasteiger partial charge in [-0.25, -0.2) is 4.79 Å². The first-order valence-corrected chi connectivity index (χ1v) is 8.01. The van der Waals surface area contributed by atoms with E-state index >= 15 is 0 Å². The number of anilines is 1. The fourth-order valence-corrected chi connectivity index (χ4v) is 2.10. The third-order valence-corrected chi connectivity index (χ3v) is 3.68. The van der Waals surface area contributed by atoms with E-state index in [1.165, 1.54) is 0 Å². The molecule has 1 aromatic rings. The van der Waals surface area contributed by atoms with Crippen LogP contribution in [0.3, 0.4) is 0 Å². The summed E-state index contributed by atoms with van der Waals surface area (Å²) in [6, 6.07) is 5.37. The Hall–Kier alpha value is -1.75. The molecule has 0 aromatic heterocycles. The molecule has 0 spiro atoms. The summed E-state index contributed by atoms with van der Waals surface area (Å²) in [4.78, 5) is 12.0. The van der Waals surface area contributed by atoms with E-state index in [1.54, 1.807) is 19.2 Å². The van der Waals surface area contributed by atoms with Crippen LogP contribution >= 0.6 is 0 Å². The third-order valence-electron chi connectivity index (χ3n) is 3.68. The first-order chi connectivity index (χ1) is 10.7. The zero-order valence-corrected chi connectivity index (χ0v) is 15.0. The number of aliphatic hydroxyl groups excluding tert-OH is 1. The summed E-state index contributed by atoms with van der Waals surface area (Å²) < 4.78 is 10.5. The van der Waals surface area contributed by atoms with Gasteiger partial charge in [0.15, 0.2) is 0 Å². The summed E-state index contributed by atoms with van der Waals surface area (Å²) in [7, 11) is 1.59. The fraction of sp³-hybridized carbons (Fsp3) is 0.611. The van der Waals surface area contributed by atoms with Crippen molar-refractivity contribution in [1.82, 2.24) is 0 Å². The second kappa shape index (κ2) is 8.20. The molecule has 0 aliphatic carbocycles. The highest BCUT2D eigenvalue weighted by Crippen LogP contribution is 2.26. The van der Waals surface area contributed by atoms with Crippen molar-refractivity contribution >= 4 is 11.8 Å². The number of ether oxygens (including phenoxy) is 2. The second-order valence-electron chi connectivity index (χ2n) is 6.81. The number of aliphatic hydroxyl groups is 1. The number of benzene rings is 1. The van der Waals surface area contributed by atoms with E-state index in [9.17, 15) is 9.90 Å². The molecule has 5 nitrogen and oxygen atoms in total. The van der Waals surface area contributed by atoms with Crippen molar-refractivity contribution in [2.24, 2.45) is 5.92 Å². The number of hydrogen-bond donors (Lipinski definition) is 2. The highest BCUT2D eigenvalue weighted by atomic mass is 16.6. The van der Waals surface area contributed by atoms with E-state index in [-0.39, 0.29) is 5.92 Å². The number of amides is 1. The molecule has 0 aliphatic heterocycles. The fourth-order valence-electron chi connectivity index (χ4n) is 2.10. The summed E-state index contributed by atoms with van der Waals surface area (Å²) in [5.74, 6) is 0.863. The molecule has 2 atom stereocenters. The van der Waals surface area contributed by atoms with E-state index in [4.69, 9.17) is 9.47 Å². The molecule has 2 N–H and O–H groups in total. The SMILES string of the molecule is CCC(C)C(O)Cc1cc(OC)ccc1NC(=O)OC(C)(C)C. The lowest BCUT2D eigenvalue weighted by Crippen LogP contribution is -2.28. The number of carbonyl (C=O) groups is 1. The van der Waals surface area contributed by atoms with Crippen LogP contribution in [0.25, 0.3) is 0 Å². The van der Waals surface area contributed by atoms with Crippen molar-refractivity contribution in [1.29, 1.82) is 0 Å². The van der Waals surface area contributed by atoms with Gasteiger partial charge in [0.25, 0.3) is 0 Å². The minimum atomic E-state index is -0.563. The van der Waals surface area contributed by atoms with Crippen LogP contribution in [0.2, 0.25) is 0 Å². The maximum Gasteiger partial charge on any atom is 0.412 e. The first-order valence-electron chi connectivity index (χ1n) is 8.01. The number of carbonyl (C=O) groups excluding carboxylic acids is 1. The Bertz CT molecular complexity index is 522. The smallest absolute Gasteiger partial charge is 0.412 e. The molecule has 1 aromatic carbocycles. The standard InChI is InChI=1S/C18H29NO4/c1-7-12(2)16(20)11-13-10-14(22-6)8-9-15(13)19-17(21)23-18(3,4)5/h8-10,12,16,20H,7,11H2,1-6H3,(H,19,21). The molecule has 0 heterocycles. The maximum atomic E-state index is 12.0. The van der Waals surface area contributed by atoms with Gasteiger partial charge in [-0.15, -0.1) is 0 Å². The van der Waals surface area contributed by atoms with E-state index in [1.807, 2.05) is 40.7 Å². The zero-order valence-electron chi connectivity index (χ0n) is 15.0. The van der Waals surface area contributed by atoms with E-state index in [2.05, 4.69) is 5.32 Å². The summed E-state index contributed by atoms with van der Waals surface area (Å²) in [5.41, 5.74) is 0.887. The minimum Gasteiger partial charge on any atom is -0.497 e. The lowest BCUT2D eigenvalue weighted by molar-refractivity contribution is 0.0635. The molecular weight excluding hydrogens is 294 g/mol. The van der Waals surface area contributed by atoms with Crippen molar-refractivity contribution in [3.63, 3.8) is 0 Å². The Morgan fingerprint density at radius 2 is 2.00 bits per heavy atom. The van der Waals surface area contributed by atoms with Crippen LogP contribution in [0.15, 0.2) is 18.2 Å². The molecule has 1 amide bonds. The van der Waals surface area contributed by atoms with Crippen LogP contribution in [0.5, 0.6) is 5.75 Å². The Kier molecular flexibility index (Phi) is 6.88. The summed E-state index contributed by atoms with van der Waals surface area (Å²) in [6.07, 6.45) is 0.338. The van der Waals surface area contributed by atoms with Gasteiger partial charge in [-0.3, -0.25) is 5.32 Å².